The van der Waals surface area contributed by atoms with Crippen molar-refractivity contribution in [1.29, 1.82) is 0 Å². The Morgan fingerprint density at radius 3 is 2.72 bits per heavy atom. The quantitative estimate of drug-likeness (QED) is 0.662. The average Bonchev–Trinajstić information content (AvgIpc) is 2.66. The average molecular weight is 241 g/mol. The van der Waals surface area contributed by atoms with Crippen LogP contribution < -0.4 is 11.3 Å². The summed E-state index contributed by atoms with van der Waals surface area (Å²) in [7, 11) is 1.68. The Morgan fingerprint density at radius 2 is 2.00 bits per heavy atom. The first-order valence-electron chi connectivity index (χ1n) is 5.45. The van der Waals surface area contributed by atoms with Gasteiger partial charge in [0.2, 0.25) is 0 Å². The first kappa shape index (κ1) is 10.5. The van der Waals surface area contributed by atoms with Gasteiger partial charge in [-0.15, -0.1) is 0 Å². The molecule has 1 aromatic carbocycles. The van der Waals surface area contributed by atoms with Crippen molar-refractivity contribution < 1.29 is 0 Å². The van der Waals surface area contributed by atoms with E-state index < -0.39 is 0 Å². The first-order valence-corrected chi connectivity index (χ1v) is 5.45. The van der Waals surface area contributed by atoms with E-state index in [-0.39, 0.29) is 5.56 Å². The van der Waals surface area contributed by atoms with Gasteiger partial charge in [0.15, 0.2) is 5.65 Å². The molecule has 2 heterocycles. The minimum absolute atomic E-state index is 0.274. The Kier molecular flexibility index (Phi) is 2.16. The number of rotatable bonds is 1. The van der Waals surface area contributed by atoms with Crippen LogP contribution in [0.25, 0.3) is 22.4 Å². The lowest BCUT2D eigenvalue weighted by Gasteiger charge is -1.99. The lowest BCUT2D eigenvalue weighted by Crippen LogP contribution is -2.10. The predicted molar refractivity (Wildman–Crippen MR) is 69.0 cm³/mol. The molecule has 2 aromatic heterocycles. The minimum atomic E-state index is -0.274. The van der Waals surface area contributed by atoms with E-state index in [1.165, 1.54) is 4.68 Å². The Hall–Kier alpha value is -2.63. The number of hydrogen-bond acceptors (Lipinski definition) is 4. The summed E-state index contributed by atoms with van der Waals surface area (Å²) >= 11 is 0. The largest absolute Gasteiger partial charge is 0.383 e. The first-order chi connectivity index (χ1) is 8.66. The molecule has 0 aliphatic heterocycles. The van der Waals surface area contributed by atoms with Gasteiger partial charge in [-0.1, -0.05) is 30.3 Å². The Labute approximate surface area is 102 Å². The zero-order chi connectivity index (χ0) is 12.7. The fourth-order valence-corrected chi connectivity index (χ4v) is 1.86. The van der Waals surface area contributed by atoms with Gasteiger partial charge in [-0.25, -0.2) is 4.98 Å². The topological polar surface area (TPSA) is 89.6 Å². The second kappa shape index (κ2) is 3.69. The summed E-state index contributed by atoms with van der Waals surface area (Å²) in [5, 5.41) is 4.45. The number of anilines is 1. The van der Waals surface area contributed by atoms with Gasteiger partial charge in [-0.3, -0.25) is 9.48 Å². The van der Waals surface area contributed by atoms with Gasteiger partial charge in [-0.05, 0) is 0 Å². The minimum Gasteiger partial charge on any atom is -0.383 e. The summed E-state index contributed by atoms with van der Waals surface area (Å²) in [6, 6.07) is 9.41. The second-order valence-electron chi connectivity index (χ2n) is 3.99. The Balaban J connectivity index is 2.32. The molecule has 6 nitrogen and oxygen atoms in total. The molecule has 0 saturated heterocycles. The molecule has 0 spiro atoms. The number of hydrogen-bond donors (Lipinski definition) is 2. The van der Waals surface area contributed by atoms with Gasteiger partial charge >= 0.3 is 0 Å². The smallest absolute Gasteiger partial charge is 0.264 e. The number of aromatic nitrogens is 4. The van der Waals surface area contributed by atoms with E-state index in [2.05, 4.69) is 15.1 Å². The number of nitrogens with zero attached hydrogens (tertiary/aromatic N) is 3. The molecule has 0 unspecified atom stereocenters. The van der Waals surface area contributed by atoms with Gasteiger partial charge < -0.3 is 10.7 Å². The molecule has 3 N–H and O–H groups in total. The Bertz CT molecular complexity index is 772. The van der Waals surface area contributed by atoms with Crippen LogP contribution in [0.2, 0.25) is 0 Å². The molecule has 0 amide bonds. The van der Waals surface area contributed by atoms with Gasteiger partial charge in [0.1, 0.15) is 17.0 Å². The van der Waals surface area contributed by atoms with Crippen molar-refractivity contribution in [2.45, 2.75) is 0 Å². The zero-order valence-corrected chi connectivity index (χ0v) is 9.71. The van der Waals surface area contributed by atoms with Crippen LogP contribution in [-0.4, -0.2) is 19.7 Å². The van der Waals surface area contributed by atoms with E-state index >= 15 is 0 Å². The monoisotopic (exact) mass is 241 g/mol. The van der Waals surface area contributed by atoms with E-state index in [1.807, 2.05) is 30.3 Å². The third-order valence-corrected chi connectivity index (χ3v) is 2.80. The number of aryl methyl sites for hydroxylation is 1. The maximum absolute atomic E-state index is 12.0. The summed E-state index contributed by atoms with van der Waals surface area (Å²) in [5.41, 5.74) is 6.69. The third kappa shape index (κ3) is 1.46. The van der Waals surface area contributed by atoms with E-state index in [0.717, 1.165) is 5.56 Å². The lowest BCUT2D eigenvalue weighted by molar-refractivity contribution is 0.787. The molecule has 0 atom stereocenters. The van der Waals surface area contributed by atoms with Gasteiger partial charge in [0.25, 0.3) is 5.56 Å². The van der Waals surface area contributed by atoms with Crippen molar-refractivity contribution in [2.75, 3.05) is 5.73 Å². The number of nitrogens with one attached hydrogen (secondary N) is 1. The molecule has 90 valence electrons. The number of fused-ring (bicyclic) bond motifs is 1. The standard InChI is InChI=1S/C12H11N5O/c1-17-9(13)8-11(16-17)14-10(15-12(8)18)7-5-3-2-4-6-7/h2-6H,13H2,1H3,(H,14,15,16,18). The molecule has 0 fully saturated rings. The molecule has 0 aliphatic rings. The highest BCUT2D eigenvalue weighted by Crippen LogP contribution is 2.17. The summed E-state index contributed by atoms with van der Waals surface area (Å²) in [6.45, 7) is 0. The maximum atomic E-state index is 12.0. The number of nitrogen functional groups attached to an aromatic ring is 1. The highest BCUT2D eigenvalue weighted by atomic mass is 16.1. The molecule has 0 aliphatic carbocycles. The van der Waals surface area contributed by atoms with E-state index in [9.17, 15) is 4.79 Å². The fourth-order valence-electron chi connectivity index (χ4n) is 1.86. The van der Waals surface area contributed by atoms with E-state index in [4.69, 9.17) is 5.73 Å². The van der Waals surface area contributed by atoms with Crippen molar-refractivity contribution in [3.63, 3.8) is 0 Å². The molecular weight excluding hydrogens is 230 g/mol. The summed E-state index contributed by atoms with van der Waals surface area (Å²) < 4.78 is 1.45. The van der Waals surface area contributed by atoms with Crippen LogP contribution in [0.1, 0.15) is 0 Å². The van der Waals surface area contributed by atoms with Crippen molar-refractivity contribution in [2.24, 2.45) is 7.05 Å². The van der Waals surface area contributed by atoms with Gasteiger partial charge in [0, 0.05) is 12.6 Å². The maximum Gasteiger partial charge on any atom is 0.264 e. The van der Waals surface area contributed by atoms with Crippen molar-refractivity contribution in [3.05, 3.63) is 40.7 Å². The van der Waals surface area contributed by atoms with Crippen LogP contribution >= 0.6 is 0 Å². The van der Waals surface area contributed by atoms with Crippen molar-refractivity contribution in [3.8, 4) is 11.4 Å². The van der Waals surface area contributed by atoms with Crippen LogP contribution in [0, 0.1) is 0 Å². The lowest BCUT2D eigenvalue weighted by atomic mass is 10.2. The van der Waals surface area contributed by atoms with Crippen molar-refractivity contribution >= 4 is 16.9 Å². The SMILES string of the molecule is Cn1nc2nc(-c3ccccc3)[nH]c(=O)c2c1N. The molecule has 0 saturated carbocycles. The summed E-state index contributed by atoms with van der Waals surface area (Å²) in [4.78, 5) is 19.0. The molecule has 3 rings (SSSR count). The van der Waals surface area contributed by atoms with Gasteiger partial charge in [0.05, 0.1) is 0 Å². The number of benzene rings is 1. The van der Waals surface area contributed by atoms with Crippen LogP contribution in [-0.2, 0) is 7.05 Å². The normalized spacial score (nSPS) is 10.9. The molecule has 0 bridgehead atoms. The highest BCUT2D eigenvalue weighted by molar-refractivity contribution is 5.86. The third-order valence-electron chi connectivity index (χ3n) is 2.80. The molecule has 18 heavy (non-hydrogen) atoms. The second-order valence-corrected chi connectivity index (χ2v) is 3.99. The summed E-state index contributed by atoms with van der Waals surface area (Å²) in [5.74, 6) is 0.810. The zero-order valence-electron chi connectivity index (χ0n) is 9.71. The molecule has 6 heteroatoms. The van der Waals surface area contributed by atoms with Crippen LogP contribution in [0.3, 0.4) is 0 Å². The number of H-pyrrole nitrogens is 1. The molecular formula is C12H11N5O. The Morgan fingerprint density at radius 1 is 1.28 bits per heavy atom. The molecule has 3 aromatic rings. The number of aromatic amines is 1. The van der Waals surface area contributed by atoms with Crippen LogP contribution in [0.5, 0.6) is 0 Å². The molecule has 0 radical (unpaired) electrons. The van der Waals surface area contributed by atoms with Crippen LogP contribution in [0.15, 0.2) is 35.1 Å². The van der Waals surface area contributed by atoms with Gasteiger partial charge in [-0.2, -0.15) is 5.10 Å². The fraction of sp³-hybridized carbons (Fsp3) is 0.0833. The summed E-state index contributed by atoms with van der Waals surface area (Å²) in [6.07, 6.45) is 0. The van der Waals surface area contributed by atoms with Crippen LogP contribution in [0.4, 0.5) is 5.82 Å². The van der Waals surface area contributed by atoms with E-state index in [1.54, 1.807) is 7.05 Å². The highest BCUT2D eigenvalue weighted by Gasteiger charge is 2.13. The van der Waals surface area contributed by atoms with Crippen molar-refractivity contribution in [1.82, 2.24) is 19.7 Å². The number of nitrogens with two attached hydrogens (primary N) is 1. The predicted octanol–water partition coefficient (Wildman–Crippen LogP) is 0.906. The van der Waals surface area contributed by atoms with E-state index in [0.29, 0.717) is 22.7 Å².